The fraction of sp³-hybridized carbons (Fsp3) is 0.278. The molecule has 0 spiro atoms. The Morgan fingerprint density at radius 2 is 1.83 bits per heavy atom. The number of anilines is 2. The molecule has 4 aromatic rings. The van der Waals surface area contributed by atoms with Crippen molar-refractivity contribution in [3.8, 4) is 11.8 Å². The predicted octanol–water partition coefficient (Wildman–Crippen LogP) is 6.16. The Morgan fingerprint density at radius 1 is 1.04 bits per heavy atom. The number of halogens is 4. The van der Waals surface area contributed by atoms with Gasteiger partial charge in [0, 0.05) is 62.3 Å². The number of nitrogens with zero attached hydrogens (tertiary/aromatic N) is 4. The molecule has 12 heteroatoms. The van der Waals surface area contributed by atoms with Gasteiger partial charge in [-0.2, -0.15) is 13.2 Å². The Balaban J connectivity index is 1.19. The number of rotatable bonds is 7. The van der Waals surface area contributed by atoms with Crippen molar-refractivity contribution >= 4 is 22.9 Å². The van der Waals surface area contributed by atoms with Crippen molar-refractivity contribution in [3.05, 3.63) is 118 Å². The number of hydrogen-bond donors (Lipinski definition) is 3. The van der Waals surface area contributed by atoms with E-state index in [-0.39, 0.29) is 29.2 Å². The molecule has 2 aliphatic heterocycles. The molecule has 0 bridgehead atoms. The van der Waals surface area contributed by atoms with Crippen molar-refractivity contribution in [2.24, 2.45) is 0 Å². The number of piperazine rings is 1. The molecule has 0 unspecified atom stereocenters. The minimum atomic E-state index is -4.57. The number of allylic oxidation sites excluding steroid dienone is 2. The van der Waals surface area contributed by atoms with Gasteiger partial charge in [0.05, 0.1) is 17.4 Å². The number of fused-ring (bicyclic) bond motifs is 1. The van der Waals surface area contributed by atoms with Crippen LogP contribution in [0, 0.1) is 18.8 Å². The molecule has 0 atom stereocenters. The number of hydrogen-bond acceptors (Lipinski definition) is 6. The SMILES string of the molecule is CCN1CCN(Cc2ccc(NC(=O)c3ccc(C)c(C#Cc4cnc5c(NC6=C(F)C=CCN6)cccn45)c3)cc2C(F)(F)F)CC1. The van der Waals surface area contributed by atoms with Gasteiger partial charge in [-0.25, -0.2) is 9.37 Å². The highest BCUT2D eigenvalue weighted by Gasteiger charge is 2.34. The van der Waals surface area contributed by atoms with Crippen LogP contribution in [0.15, 0.2) is 84.7 Å². The third-order valence-corrected chi connectivity index (χ3v) is 8.50. The standard InChI is InChI=1S/C36H35F4N7O/c1-3-45-16-18-46(19-17-45)23-27-10-12-28(21-30(27)36(38,39)40)43-35(48)26-9-8-24(2)25(20-26)11-13-29-22-42-34-32(7-5-15-47(29)34)44-33-31(37)6-4-14-41-33/h4-10,12,15,20-22,41,44H,3,14,16-19,23H2,1-2H3,(H,43,48). The normalized spacial score (nSPS) is 15.6. The molecule has 0 radical (unpaired) electrons. The zero-order valence-corrected chi connectivity index (χ0v) is 26.6. The summed E-state index contributed by atoms with van der Waals surface area (Å²) < 4.78 is 58.3. The molecule has 0 aliphatic carbocycles. The van der Waals surface area contributed by atoms with Crippen molar-refractivity contribution in [2.45, 2.75) is 26.6 Å². The lowest BCUT2D eigenvalue weighted by Crippen LogP contribution is -2.45. The summed E-state index contributed by atoms with van der Waals surface area (Å²) >= 11 is 0. The third-order valence-electron chi connectivity index (χ3n) is 8.50. The number of amides is 1. The van der Waals surface area contributed by atoms with E-state index < -0.39 is 23.5 Å². The number of likely N-dealkylation sites (N-methyl/N-ethyl adjacent to an activating group) is 1. The maximum absolute atomic E-state index is 14.2. The van der Waals surface area contributed by atoms with Crippen LogP contribution in [0.5, 0.6) is 0 Å². The number of imidazole rings is 1. The second-order valence-corrected chi connectivity index (χ2v) is 11.7. The highest BCUT2D eigenvalue weighted by molar-refractivity contribution is 6.04. The molecular weight excluding hydrogens is 622 g/mol. The summed E-state index contributed by atoms with van der Waals surface area (Å²) in [5.41, 5.74) is 2.84. The largest absolute Gasteiger partial charge is 0.416 e. The van der Waals surface area contributed by atoms with E-state index in [4.69, 9.17) is 0 Å². The topological polar surface area (TPSA) is 76.9 Å². The van der Waals surface area contributed by atoms with Crippen molar-refractivity contribution in [3.63, 3.8) is 0 Å². The van der Waals surface area contributed by atoms with Crippen LogP contribution in [0.25, 0.3) is 5.65 Å². The van der Waals surface area contributed by atoms with E-state index in [2.05, 4.69) is 44.6 Å². The first-order valence-electron chi connectivity index (χ1n) is 15.7. The number of alkyl halides is 3. The number of pyridine rings is 1. The van der Waals surface area contributed by atoms with Crippen LogP contribution >= 0.6 is 0 Å². The number of aryl methyl sites for hydroxylation is 1. The molecule has 1 fully saturated rings. The van der Waals surface area contributed by atoms with Crippen LogP contribution in [0.3, 0.4) is 0 Å². The molecule has 0 saturated carbocycles. The van der Waals surface area contributed by atoms with E-state index in [0.29, 0.717) is 42.2 Å². The van der Waals surface area contributed by atoms with E-state index in [1.165, 1.54) is 18.2 Å². The Kier molecular flexibility index (Phi) is 9.52. The minimum Gasteiger partial charge on any atom is -0.366 e. The highest BCUT2D eigenvalue weighted by Crippen LogP contribution is 2.35. The lowest BCUT2D eigenvalue weighted by molar-refractivity contribution is -0.138. The molecule has 3 N–H and O–H groups in total. The zero-order valence-electron chi connectivity index (χ0n) is 26.6. The zero-order chi connectivity index (χ0) is 33.8. The molecule has 1 amide bonds. The van der Waals surface area contributed by atoms with Crippen LogP contribution in [-0.4, -0.2) is 64.4 Å². The molecule has 48 heavy (non-hydrogen) atoms. The minimum absolute atomic E-state index is 0.0605. The van der Waals surface area contributed by atoms with Crippen molar-refractivity contribution in [2.75, 3.05) is 49.9 Å². The maximum Gasteiger partial charge on any atom is 0.416 e. The van der Waals surface area contributed by atoms with Crippen LogP contribution in [0.4, 0.5) is 28.9 Å². The van der Waals surface area contributed by atoms with Gasteiger partial charge in [-0.15, -0.1) is 0 Å². The summed E-state index contributed by atoms with van der Waals surface area (Å²) in [6, 6.07) is 12.5. The second kappa shape index (κ2) is 13.9. The molecular formula is C36H35F4N7O. The van der Waals surface area contributed by atoms with Gasteiger partial charge < -0.3 is 20.9 Å². The Hall–Kier alpha value is -5.12. The number of benzene rings is 2. The monoisotopic (exact) mass is 657 g/mol. The first kappa shape index (κ1) is 32.8. The lowest BCUT2D eigenvalue weighted by Gasteiger charge is -2.34. The average molecular weight is 658 g/mol. The summed E-state index contributed by atoms with van der Waals surface area (Å²) in [6.45, 7) is 8.59. The molecule has 8 nitrogen and oxygen atoms in total. The van der Waals surface area contributed by atoms with E-state index in [9.17, 15) is 22.4 Å². The highest BCUT2D eigenvalue weighted by atomic mass is 19.4. The Bertz CT molecular complexity index is 1960. The smallest absolute Gasteiger partial charge is 0.366 e. The summed E-state index contributed by atoms with van der Waals surface area (Å²) in [7, 11) is 0. The summed E-state index contributed by atoms with van der Waals surface area (Å²) in [6.07, 6.45) is 1.90. The second-order valence-electron chi connectivity index (χ2n) is 11.7. The van der Waals surface area contributed by atoms with Gasteiger partial charge in [-0.05, 0) is 73.0 Å². The quantitative estimate of drug-likeness (QED) is 0.163. The Labute approximate surface area is 276 Å². The summed E-state index contributed by atoms with van der Waals surface area (Å²) in [5, 5.41) is 8.63. The van der Waals surface area contributed by atoms with Crippen molar-refractivity contribution in [1.29, 1.82) is 0 Å². The fourth-order valence-electron chi connectivity index (χ4n) is 5.72. The molecule has 6 rings (SSSR count). The maximum atomic E-state index is 14.2. The van der Waals surface area contributed by atoms with Crippen LogP contribution in [-0.2, 0) is 12.7 Å². The van der Waals surface area contributed by atoms with Gasteiger partial charge in [0.15, 0.2) is 11.5 Å². The third kappa shape index (κ3) is 7.38. The van der Waals surface area contributed by atoms with Crippen molar-refractivity contribution in [1.82, 2.24) is 24.5 Å². The van der Waals surface area contributed by atoms with Gasteiger partial charge >= 0.3 is 6.18 Å². The van der Waals surface area contributed by atoms with Gasteiger partial charge in [-0.3, -0.25) is 14.1 Å². The average Bonchev–Trinajstić information content (AvgIpc) is 3.50. The summed E-state index contributed by atoms with van der Waals surface area (Å²) in [4.78, 5) is 22.0. The van der Waals surface area contributed by atoms with Crippen LogP contribution < -0.4 is 16.0 Å². The summed E-state index contributed by atoms with van der Waals surface area (Å²) in [5.74, 6) is 5.48. The number of carbonyl (C=O) groups excluding carboxylic acids is 1. The van der Waals surface area contributed by atoms with E-state index in [0.717, 1.165) is 31.3 Å². The molecule has 248 valence electrons. The number of nitrogens with one attached hydrogen (secondary N) is 3. The van der Waals surface area contributed by atoms with Crippen LogP contribution in [0.1, 0.15) is 45.2 Å². The van der Waals surface area contributed by atoms with Gasteiger partial charge in [-0.1, -0.05) is 31.1 Å². The first-order valence-corrected chi connectivity index (χ1v) is 15.7. The predicted molar refractivity (Wildman–Crippen MR) is 178 cm³/mol. The molecule has 4 heterocycles. The molecule has 2 aliphatic rings. The Morgan fingerprint density at radius 3 is 2.58 bits per heavy atom. The van der Waals surface area contributed by atoms with Gasteiger partial charge in [0.1, 0.15) is 11.5 Å². The molecule has 2 aromatic carbocycles. The first-order chi connectivity index (χ1) is 23.1. The van der Waals surface area contributed by atoms with E-state index >= 15 is 0 Å². The van der Waals surface area contributed by atoms with Gasteiger partial charge in [0.2, 0.25) is 0 Å². The lowest BCUT2D eigenvalue weighted by atomic mass is 10.0. The number of carbonyl (C=O) groups is 1. The van der Waals surface area contributed by atoms with Crippen molar-refractivity contribution < 1.29 is 22.4 Å². The van der Waals surface area contributed by atoms with E-state index in [1.807, 2.05) is 11.8 Å². The fourth-order valence-corrected chi connectivity index (χ4v) is 5.72. The number of dihydropyridines is 1. The number of aromatic nitrogens is 2. The molecule has 2 aromatic heterocycles. The van der Waals surface area contributed by atoms with Gasteiger partial charge in [0.25, 0.3) is 5.91 Å². The van der Waals surface area contributed by atoms with Crippen LogP contribution in [0.2, 0.25) is 0 Å². The van der Waals surface area contributed by atoms with E-state index in [1.54, 1.807) is 53.2 Å². The molecule has 1 saturated heterocycles.